The van der Waals surface area contributed by atoms with Crippen LogP contribution in [-0.2, 0) is 13.0 Å². The molecule has 13 heavy (non-hydrogen) atoms. The van der Waals surface area contributed by atoms with E-state index in [4.69, 9.17) is 0 Å². The maximum atomic E-state index is 4.52. The summed E-state index contributed by atoms with van der Waals surface area (Å²) in [6, 6.07) is 0. The van der Waals surface area contributed by atoms with E-state index in [0.29, 0.717) is 5.92 Å². The molecule has 3 nitrogen and oxygen atoms in total. The van der Waals surface area contributed by atoms with E-state index in [2.05, 4.69) is 36.1 Å². The van der Waals surface area contributed by atoms with Crippen LogP contribution in [0, 0.1) is 12.8 Å². The Bertz CT molecular complexity index is 263. The highest BCUT2D eigenvalue weighted by Crippen LogP contribution is 2.08. The van der Waals surface area contributed by atoms with Gasteiger partial charge in [-0.2, -0.15) is 0 Å². The molecule has 0 aliphatic rings. The molecule has 2 N–H and O–H groups in total. The average Bonchev–Trinajstić information content (AvgIpc) is 2.31. The van der Waals surface area contributed by atoms with Gasteiger partial charge in [-0.25, -0.2) is 4.98 Å². The van der Waals surface area contributed by atoms with E-state index in [1.54, 1.807) is 0 Å². The molecule has 0 radical (unpaired) electrons. The van der Waals surface area contributed by atoms with Crippen LogP contribution in [0.4, 0.5) is 0 Å². The Labute approximate surface area is 80.0 Å². The normalized spacial score (nSPS) is 11.2. The number of imidazole rings is 1. The molecule has 1 aromatic heterocycles. The highest BCUT2D eigenvalue weighted by Gasteiger charge is 2.06. The minimum atomic E-state index is 0.660. The Hall–Kier alpha value is -0.830. The summed E-state index contributed by atoms with van der Waals surface area (Å²) in [5.41, 5.74) is 2.32. The quantitative estimate of drug-likeness (QED) is 0.741. The van der Waals surface area contributed by atoms with Crippen LogP contribution in [0.25, 0.3) is 0 Å². The molecule has 1 rings (SSSR count). The van der Waals surface area contributed by atoms with Crippen molar-refractivity contribution in [3.05, 3.63) is 17.2 Å². The molecular weight excluding hydrogens is 162 g/mol. The van der Waals surface area contributed by atoms with Gasteiger partial charge in [0.25, 0.3) is 0 Å². The molecule has 0 fully saturated rings. The van der Waals surface area contributed by atoms with Crippen molar-refractivity contribution in [2.75, 3.05) is 7.05 Å². The summed E-state index contributed by atoms with van der Waals surface area (Å²) in [6.07, 6.45) is 1.03. The van der Waals surface area contributed by atoms with Crippen molar-refractivity contribution < 1.29 is 0 Å². The van der Waals surface area contributed by atoms with Gasteiger partial charge in [0.1, 0.15) is 5.82 Å². The van der Waals surface area contributed by atoms with Crippen LogP contribution in [0.1, 0.15) is 31.1 Å². The molecule has 0 aliphatic heterocycles. The van der Waals surface area contributed by atoms with Gasteiger partial charge in [0, 0.05) is 18.7 Å². The first kappa shape index (κ1) is 10.3. The zero-order valence-corrected chi connectivity index (χ0v) is 8.94. The summed E-state index contributed by atoms with van der Waals surface area (Å²) in [5.74, 6) is 1.77. The van der Waals surface area contributed by atoms with Crippen molar-refractivity contribution in [2.24, 2.45) is 5.92 Å². The van der Waals surface area contributed by atoms with Crippen LogP contribution in [0.15, 0.2) is 0 Å². The Morgan fingerprint density at radius 2 is 2.15 bits per heavy atom. The van der Waals surface area contributed by atoms with Gasteiger partial charge in [-0.15, -0.1) is 0 Å². The van der Waals surface area contributed by atoms with Gasteiger partial charge in [-0.3, -0.25) is 0 Å². The maximum absolute atomic E-state index is 4.52. The van der Waals surface area contributed by atoms with E-state index in [1.807, 2.05) is 7.05 Å². The summed E-state index contributed by atoms with van der Waals surface area (Å²) < 4.78 is 0. The maximum Gasteiger partial charge on any atom is 0.106 e. The highest BCUT2D eigenvalue weighted by atomic mass is 15.0. The van der Waals surface area contributed by atoms with E-state index in [9.17, 15) is 0 Å². The lowest BCUT2D eigenvalue weighted by Crippen LogP contribution is -2.06. The van der Waals surface area contributed by atoms with E-state index < -0.39 is 0 Å². The van der Waals surface area contributed by atoms with Crippen LogP contribution < -0.4 is 5.32 Å². The molecule has 0 atom stereocenters. The summed E-state index contributed by atoms with van der Waals surface area (Å²) in [7, 11) is 1.94. The Morgan fingerprint density at radius 3 is 2.69 bits per heavy atom. The van der Waals surface area contributed by atoms with Crippen LogP contribution in [-0.4, -0.2) is 17.0 Å². The number of rotatable bonds is 4. The number of aryl methyl sites for hydroxylation is 1. The fraction of sp³-hybridized carbons (Fsp3) is 0.700. The van der Waals surface area contributed by atoms with Gasteiger partial charge in [0.15, 0.2) is 0 Å². The summed E-state index contributed by atoms with van der Waals surface area (Å²) in [5, 5.41) is 3.11. The van der Waals surface area contributed by atoms with Gasteiger partial charge >= 0.3 is 0 Å². The molecule has 0 bridgehead atoms. The van der Waals surface area contributed by atoms with Gasteiger partial charge in [-0.1, -0.05) is 13.8 Å². The second-order valence-electron chi connectivity index (χ2n) is 3.88. The molecule has 0 aliphatic carbocycles. The van der Waals surface area contributed by atoms with Gasteiger partial charge in [0.05, 0.1) is 5.69 Å². The predicted octanol–water partition coefficient (Wildman–Crippen LogP) is 1.64. The number of hydrogen-bond acceptors (Lipinski definition) is 2. The first-order chi connectivity index (χ1) is 6.13. The number of aromatic nitrogens is 2. The summed E-state index contributed by atoms with van der Waals surface area (Å²) in [6.45, 7) is 7.33. The fourth-order valence-electron chi connectivity index (χ4n) is 1.39. The number of nitrogens with zero attached hydrogens (tertiary/aromatic N) is 1. The molecule has 0 unspecified atom stereocenters. The highest BCUT2D eigenvalue weighted by molar-refractivity contribution is 5.13. The molecule has 3 heteroatoms. The monoisotopic (exact) mass is 181 g/mol. The largest absolute Gasteiger partial charge is 0.346 e. The van der Waals surface area contributed by atoms with Crippen molar-refractivity contribution in [1.29, 1.82) is 0 Å². The topological polar surface area (TPSA) is 40.7 Å². The van der Waals surface area contributed by atoms with Gasteiger partial charge < -0.3 is 10.3 Å². The second kappa shape index (κ2) is 4.42. The Morgan fingerprint density at radius 1 is 1.46 bits per heavy atom. The molecular formula is C10H19N3. The van der Waals surface area contributed by atoms with E-state index >= 15 is 0 Å². The fourth-order valence-corrected chi connectivity index (χ4v) is 1.39. The van der Waals surface area contributed by atoms with Crippen LogP contribution in [0.2, 0.25) is 0 Å². The molecule has 0 amide bonds. The molecule has 1 aromatic rings. The van der Waals surface area contributed by atoms with E-state index in [0.717, 1.165) is 24.5 Å². The molecule has 0 saturated heterocycles. The first-order valence-corrected chi connectivity index (χ1v) is 4.82. The summed E-state index contributed by atoms with van der Waals surface area (Å²) >= 11 is 0. The average molecular weight is 181 g/mol. The van der Waals surface area contributed by atoms with Crippen molar-refractivity contribution in [3.8, 4) is 0 Å². The summed E-state index contributed by atoms with van der Waals surface area (Å²) in [4.78, 5) is 7.83. The standard InChI is InChI=1S/C10H19N3/c1-7(2)5-10-12-8(3)9(13-10)6-11-4/h7,11H,5-6H2,1-4H3,(H,12,13). The lowest BCUT2D eigenvalue weighted by atomic mass is 10.1. The number of aromatic amines is 1. The first-order valence-electron chi connectivity index (χ1n) is 4.82. The minimum absolute atomic E-state index is 0.660. The third kappa shape index (κ3) is 2.84. The molecule has 0 spiro atoms. The third-order valence-corrected chi connectivity index (χ3v) is 1.98. The van der Waals surface area contributed by atoms with Gasteiger partial charge in [-0.05, 0) is 19.9 Å². The van der Waals surface area contributed by atoms with Gasteiger partial charge in [0.2, 0.25) is 0 Å². The molecule has 74 valence electrons. The van der Waals surface area contributed by atoms with Crippen molar-refractivity contribution in [2.45, 2.75) is 33.7 Å². The van der Waals surface area contributed by atoms with Crippen LogP contribution in [0.5, 0.6) is 0 Å². The zero-order valence-electron chi connectivity index (χ0n) is 8.94. The number of hydrogen-bond donors (Lipinski definition) is 2. The second-order valence-corrected chi connectivity index (χ2v) is 3.88. The minimum Gasteiger partial charge on any atom is -0.346 e. The van der Waals surface area contributed by atoms with E-state index in [1.165, 1.54) is 5.69 Å². The van der Waals surface area contributed by atoms with E-state index in [-0.39, 0.29) is 0 Å². The van der Waals surface area contributed by atoms with Crippen molar-refractivity contribution in [3.63, 3.8) is 0 Å². The number of H-pyrrole nitrogens is 1. The third-order valence-electron chi connectivity index (χ3n) is 1.98. The molecule has 0 aromatic carbocycles. The predicted molar refractivity (Wildman–Crippen MR) is 54.6 cm³/mol. The number of nitrogens with one attached hydrogen (secondary N) is 2. The SMILES string of the molecule is CNCc1nc(CC(C)C)[nH]c1C. The molecule has 1 heterocycles. The van der Waals surface area contributed by atoms with Crippen LogP contribution in [0.3, 0.4) is 0 Å². The lowest BCUT2D eigenvalue weighted by Gasteiger charge is -1.98. The smallest absolute Gasteiger partial charge is 0.106 e. The lowest BCUT2D eigenvalue weighted by molar-refractivity contribution is 0.623. The zero-order chi connectivity index (χ0) is 9.84. The van der Waals surface area contributed by atoms with Crippen LogP contribution >= 0.6 is 0 Å². The Balaban J connectivity index is 2.70. The van der Waals surface area contributed by atoms with Crippen molar-refractivity contribution >= 4 is 0 Å². The van der Waals surface area contributed by atoms with Crippen molar-refractivity contribution in [1.82, 2.24) is 15.3 Å². The molecule has 0 saturated carbocycles. The Kier molecular flexibility index (Phi) is 3.48.